The maximum atomic E-state index is 11.8. The molecule has 1 heterocycles. The molecule has 1 N–H and O–H groups in total. The Hall–Kier alpha value is -1.33. The lowest BCUT2D eigenvalue weighted by molar-refractivity contribution is -0.144. The first-order valence-corrected chi connectivity index (χ1v) is 2.62. The van der Waals surface area contributed by atoms with Crippen molar-refractivity contribution < 1.29 is 13.2 Å². The standard InChI is InChI=1S/C5H3F3N3/c6-5(7,8)4-10-2-1-3(9)11-4/h1-2H,(H-,9,10,11)/q-1. The Kier molecular flexibility index (Phi) is 1.67. The summed E-state index contributed by atoms with van der Waals surface area (Å²) < 4.78 is 35.3. The van der Waals surface area contributed by atoms with Gasteiger partial charge in [0.25, 0.3) is 0 Å². The second kappa shape index (κ2) is 2.37. The number of alkyl halides is 3. The zero-order chi connectivity index (χ0) is 8.48. The Morgan fingerprint density at radius 3 is 2.36 bits per heavy atom. The molecule has 0 radical (unpaired) electrons. The van der Waals surface area contributed by atoms with Crippen LogP contribution in [0.2, 0.25) is 0 Å². The normalized spacial score (nSPS) is 11.5. The minimum Gasteiger partial charge on any atom is -0.482 e. The van der Waals surface area contributed by atoms with Crippen LogP contribution in [0, 0.1) is 0 Å². The molecule has 0 spiro atoms. The third-order valence-electron chi connectivity index (χ3n) is 0.909. The van der Waals surface area contributed by atoms with Gasteiger partial charge >= 0.3 is 6.18 Å². The van der Waals surface area contributed by atoms with Crippen LogP contribution in [0.5, 0.6) is 0 Å². The molecular weight excluding hydrogens is 159 g/mol. The van der Waals surface area contributed by atoms with Crippen molar-refractivity contribution in [2.45, 2.75) is 6.18 Å². The molecule has 0 fully saturated rings. The molecule has 0 bridgehead atoms. The van der Waals surface area contributed by atoms with Crippen LogP contribution >= 0.6 is 0 Å². The maximum absolute atomic E-state index is 11.8. The number of rotatable bonds is 0. The molecule has 0 aliphatic carbocycles. The summed E-state index contributed by atoms with van der Waals surface area (Å²) in [6.07, 6.45) is -3.66. The molecule has 0 atom stereocenters. The second-order valence-corrected chi connectivity index (χ2v) is 1.76. The van der Waals surface area contributed by atoms with Gasteiger partial charge < -0.3 is 10.7 Å². The maximum Gasteiger partial charge on any atom is 0.429 e. The Labute approximate surface area is 60.1 Å². The van der Waals surface area contributed by atoms with E-state index in [4.69, 9.17) is 5.73 Å². The predicted molar refractivity (Wildman–Crippen MR) is 31.0 cm³/mol. The van der Waals surface area contributed by atoms with Gasteiger partial charge in [0, 0.05) is 6.20 Å². The fourth-order valence-electron chi connectivity index (χ4n) is 0.495. The molecule has 0 amide bonds. The van der Waals surface area contributed by atoms with E-state index in [1.807, 2.05) is 0 Å². The van der Waals surface area contributed by atoms with Crippen LogP contribution in [0.1, 0.15) is 5.82 Å². The van der Waals surface area contributed by atoms with Gasteiger partial charge in [-0.2, -0.15) is 13.2 Å². The number of hydrogen-bond donors (Lipinski definition) is 0. The molecule has 60 valence electrons. The summed E-state index contributed by atoms with van der Waals surface area (Å²) in [6, 6.07) is 1.08. The molecule has 0 aromatic carbocycles. The van der Waals surface area contributed by atoms with Crippen molar-refractivity contribution in [2.75, 3.05) is 0 Å². The monoisotopic (exact) mass is 162 g/mol. The summed E-state index contributed by atoms with van der Waals surface area (Å²) in [7, 11) is 0. The zero-order valence-electron chi connectivity index (χ0n) is 5.18. The van der Waals surface area contributed by atoms with Crippen molar-refractivity contribution in [1.29, 1.82) is 0 Å². The third kappa shape index (κ3) is 1.79. The smallest absolute Gasteiger partial charge is 0.429 e. The van der Waals surface area contributed by atoms with E-state index in [9.17, 15) is 13.2 Å². The molecular formula is C5H3F3N3-. The van der Waals surface area contributed by atoms with E-state index < -0.39 is 17.8 Å². The van der Waals surface area contributed by atoms with Gasteiger partial charge in [-0.05, 0) is 6.07 Å². The predicted octanol–water partition coefficient (Wildman–Crippen LogP) is 2.18. The quantitative estimate of drug-likeness (QED) is 0.586. The molecule has 0 unspecified atom stereocenters. The highest BCUT2D eigenvalue weighted by molar-refractivity contribution is 5.31. The first-order chi connectivity index (χ1) is 5.00. The van der Waals surface area contributed by atoms with Crippen LogP contribution in [-0.4, -0.2) is 9.97 Å². The van der Waals surface area contributed by atoms with Gasteiger partial charge in [0.05, 0.1) is 0 Å². The number of halogens is 3. The van der Waals surface area contributed by atoms with Crippen LogP contribution in [-0.2, 0) is 6.18 Å². The molecule has 1 aromatic heterocycles. The number of hydrogen-bond acceptors (Lipinski definition) is 2. The van der Waals surface area contributed by atoms with Crippen molar-refractivity contribution in [3.05, 3.63) is 23.8 Å². The largest absolute Gasteiger partial charge is 0.482 e. The lowest BCUT2D eigenvalue weighted by atomic mass is 10.5. The number of nitrogens with one attached hydrogen (secondary N) is 1. The van der Waals surface area contributed by atoms with Gasteiger partial charge in [-0.25, -0.2) is 0 Å². The van der Waals surface area contributed by atoms with Crippen LogP contribution in [0.4, 0.5) is 19.0 Å². The van der Waals surface area contributed by atoms with E-state index in [-0.39, 0.29) is 0 Å². The van der Waals surface area contributed by atoms with E-state index in [0.29, 0.717) is 0 Å². The highest BCUT2D eigenvalue weighted by Gasteiger charge is 2.30. The first-order valence-electron chi connectivity index (χ1n) is 2.62. The average molecular weight is 162 g/mol. The van der Waals surface area contributed by atoms with Crippen molar-refractivity contribution in [1.82, 2.24) is 9.97 Å². The Morgan fingerprint density at radius 1 is 1.36 bits per heavy atom. The topological polar surface area (TPSA) is 49.6 Å². The Morgan fingerprint density at radius 2 is 2.00 bits per heavy atom. The van der Waals surface area contributed by atoms with Gasteiger partial charge in [0.15, 0.2) is 0 Å². The lowest BCUT2D eigenvalue weighted by Crippen LogP contribution is -2.09. The van der Waals surface area contributed by atoms with E-state index in [0.717, 1.165) is 12.3 Å². The van der Waals surface area contributed by atoms with E-state index in [1.54, 1.807) is 0 Å². The second-order valence-electron chi connectivity index (χ2n) is 1.76. The summed E-state index contributed by atoms with van der Waals surface area (Å²) in [4.78, 5) is 5.83. The van der Waals surface area contributed by atoms with Crippen LogP contribution in [0.3, 0.4) is 0 Å². The fourth-order valence-corrected chi connectivity index (χ4v) is 0.495. The minimum absolute atomic E-state index is 0.438. The molecule has 0 saturated carbocycles. The molecule has 0 saturated heterocycles. The molecule has 1 rings (SSSR count). The summed E-state index contributed by atoms with van der Waals surface area (Å²) in [5.41, 5.74) is 6.76. The van der Waals surface area contributed by atoms with Gasteiger partial charge in [0.1, 0.15) is 5.82 Å². The molecule has 11 heavy (non-hydrogen) atoms. The molecule has 1 aromatic rings. The summed E-state index contributed by atoms with van der Waals surface area (Å²) in [5.74, 6) is -1.71. The van der Waals surface area contributed by atoms with Gasteiger partial charge in [-0.15, -0.1) is 0 Å². The SMILES string of the molecule is [NH-]c1ccnc(C(F)(F)F)n1. The zero-order valence-corrected chi connectivity index (χ0v) is 5.18. The molecule has 6 heteroatoms. The van der Waals surface area contributed by atoms with Crippen LogP contribution in [0.25, 0.3) is 5.73 Å². The molecule has 3 nitrogen and oxygen atoms in total. The highest BCUT2D eigenvalue weighted by Crippen LogP contribution is 2.26. The van der Waals surface area contributed by atoms with Crippen molar-refractivity contribution >= 4 is 5.82 Å². The van der Waals surface area contributed by atoms with Gasteiger partial charge in [-0.3, -0.25) is 4.98 Å². The van der Waals surface area contributed by atoms with Crippen LogP contribution < -0.4 is 0 Å². The van der Waals surface area contributed by atoms with Crippen molar-refractivity contribution in [3.63, 3.8) is 0 Å². The van der Waals surface area contributed by atoms with Crippen molar-refractivity contribution in [2.24, 2.45) is 0 Å². The third-order valence-corrected chi connectivity index (χ3v) is 0.909. The fraction of sp³-hybridized carbons (Fsp3) is 0.200. The van der Waals surface area contributed by atoms with Crippen molar-refractivity contribution in [3.8, 4) is 0 Å². The highest BCUT2D eigenvalue weighted by atomic mass is 19.4. The first kappa shape index (κ1) is 7.77. The van der Waals surface area contributed by atoms with Gasteiger partial charge in [-0.1, -0.05) is 5.82 Å². The molecule has 0 aliphatic rings. The number of nitrogens with zero attached hydrogens (tertiary/aromatic N) is 2. The summed E-state index contributed by atoms with van der Waals surface area (Å²) in [5, 5.41) is 0. The van der Waals surface area contributed by atoms with E-state index in [2.05, 4.69) is 9.97 Å². The van der Waals surface area contributed by atoms with Gasteiger partial charge in [0.2, 0.25) is 0 Å². The molecule has 0 aliphatic heterocycles. The summed E-state index contributed by atoms with van der Waals surface area (Å²) >= 11 is 0. The summed E-state index contributed by atoms with van der Waals surface area (Å²) in [6.45, 7) is 0. The van der Waals surface area contributed by atoms with E-state index in [1.165, 1.54) is 0 Å². The minimum atomic E-state index is -4.56. The lowest BCUT2D eigenvalue weighted by Gasteiger charge is -2.10. The van der Waals surface area contributed by atoms with E-state index >= 15 is 0 Å². The average Bonchev–Trinajstić information content (AvgIpc) is 1.86. The van der Waals surface area contributed by atoms with Crippen LogP contribution in [0.15, 0.2) is 12.3 Å². The Bertz CT molecular complexity index is 257. The Balaban J connectivity index is 3.06. The number of aromatic nitrogens is 2.